The van der Waals surface area contributed by atoms with Gasteiger partial charge in [0, 0.05) is 29.8 Å². The maximum Gasteiger partial charge on any atom is 0.307 e. The number of methoxy groups -OCH3 is 1. The molecule has 2 aliphatic rings. The Balaban J connectivity index is 1.42. The molecule has 0 spiro atoms. The number of piperidine rings is 1. The van der Waals surface area contributed by atoms with Crippen molar-refractivity contribution in [3.8, 4) is 39.5 Å². The fraction of sp³-hybridized carbons (Fsp3) is 0.321. The van der Waals surface area contributed by atoms with Crippen LogP contribution in [0.5, 0.6) is 17.2 Å². The van der Waals surface area contributed by atoms with Crippen LogP contribution in [0.3, 0.4) is 0 Å². The number of aliphatic carboxylic acids is 1. The van der Waals surface area contributed by atoms with Crippen LogP contribution in [-0.4, -0.2) is 49.4 Å². The molecular formula is C28H28ClNO5. The van der Waals surface area contributed by atoms with E-state index in [1.807, 2.05) is 54.6 Å². The van der Waals surface area contributed by atoms with Crippen LogP contribution in [0.4, 0.5) is 0 Å². The molecule has 182 valence electrons. The fourth-order valence-corrected chi connectivity index (χ4v) is 5.22. The van der Waals surface area contributed by atoms with Crippen LogP contribution in [0.25, 0.3) is 22.3 Å². The second kappa shape index (κ2) is 10.2. The van der Waals surface area contributed by atoms with Crippen LogP contribution < -0.4 is 14.2 Å². The number of hydrogen-bond acceptors (Lipinski definition) is 5. The number of halogens is 1. The van der Waals surface area contributed by atoms with E-state index in [0.717, 1.165) is 64.5 Å². The van der Waals surface area contributed by atoms with Crippen molar-refractivity contribution >= 4 is 17.6 Å². The molecule has 1 N–H and O–H groups in total. The summed E-state index contributed by atoms with van der Waals surface area (Å²) in [6.45, 7) is 3.18. The Labute approximate surface area is 210 Å². The van der Waals surface area contributed by atoms with Crippen LogP contribution >= 0.6 is 11.6 Å². The van der Waals surface area contributed by atoms with Gasteiger partial charge in [0.1, 0.15) is 19.0 Å². The number of fused-ring (bicyclic) bond motifs is 1. The lowest BCUT2D eigenvalue weighted by molar-refractivity contribution is -0.143. The third-order valence-electron chi connectivity index (χ3n) is 6.70. The lowest BCUT2D eigenvalue weighted by atomic mass is 9.96. The van der Waals surface area contributed by atoms with Gasteiger partial charge in [-0.05, 0) is 48.7 Å². The quantitative estimate of drug-likeness (QED) is 0.471. The number of carbonyl (C=O) groups is 1. The Bertz CT molecular complexity index is 1240. The van der Waals surface area contributed by atoms with Crippen molar-refractivity contribution in [2.75, 3.05) is 33.4 Å². The summed E-state index contributed by atoms with van der Waals surface area (Å²) in [5.41, 5.74) is 4.77. The molecule has 0 radical (unpaired) electrons. The summed E-state index contributed by atoms with van der Waals surface area (Å²) in [4.78, 5) is 13.6. The monoisotopic (exact) mass is 493 g/mol. The first-order chi connectivity index (χ1) is 17.0. The van der Waals surface area contributed by atoms with E-state index in [4.69, 9.17) is 25.8 Å². The van der Waals surface area contributed by atoms with E-state index < -0.39 is 5.97 Å². The number of nitrogens with zero attached hydrogens (tertiary/aromatic N) is 1. The maximum absolute atomic E-state index is 11.4. The van der Waals surface area contributed by atoms with Crippen molar-refractivity contribution in [1.82, 2.24) is 4.90 Å². The Kier molecular flexibility index (Phi) is 6.84. The maximum atomic E-state index is 11.4. The van der Waals surface area contributed by atoms with Gasteiger partial charge in [-0.3, -0.25) is 9.69 Å². The zero-order chi connectivity index (χ0) is 24.4. The average Bonchev–Trinajstić information content (AvgIpc) is 2.89. The Morgan fingerprint density at radius 3 is 2.51 bits per heavy atom. The van der Waals surface area contributed by atoms with Gasteiger partial charge >= 0.3 is 5.97 Å². The molecule has 3 aromatic carbocycles. The van der Waals surface area contributed by atoms with Gasteiger partial charge in [0.2, 0.25) is 0 Å². The van der Waals surface area contributed by atoms with Gasteiger partial charge in [0.05, 0.1) is 18.1 Å². The predicted octanol–water partition coefficient (Wildman–Crippen LogP) is 5.75. The number of carboxylic acid groups (broad SMARTS) is 1. The van der Waals surface area contributed by atoms with E-state index in [2.05, 4.69) is 4.90 Å². The Morgan fingerprint density at radius 1 is 1.06 bits per heavy atom. The second-order valence-corrected chi connectivity index (χ2v) is 9.34. The summed E-state index contributed by atoms with van der Waals surface area (Å²) in [6.07, 6.45) is 1.62. The largest absolute Gasteiger partial charge is 0.496 e. The molecular weight excluding hydrogens is 466 g/mol. The van der Waals surface area contributed by atoms with Gasteiger partial charge < -0.3 is 19.3 Å². The van der Waals surface area contributed by atoms with Crippen molar-refractivity contribution < 1.29 is 24.1 Å². The molecule has 1 saturated heterocycles. The molecule has 1 unspecified atom stereocenters. The van der Waals surface area contributed by atoms with Crippen molar-refractivity contribution in [2.45, 2.75) is 19.4 Å². The smallest absolute Gasteiger partial charge is 0.307 e. The molecule has 1 fully saturated rings. The van der Waals surface area contributed by atoms with Crippen LogP contribution in [0.1, 0.15) is 18.4 Å². The minimum atomic E-state index is -0.718. The molecule has 7 heteroatoms. The highest BCUT2D eigenvalue weighted by Gasteiger charge is 2.26. The van der Waals surface area contributed by atoms with Gasteiger partial charge in [-0.15, -0.1) is 0 Å². The topological polar surface area (TPSA) is 68.2 Å². The molecule has 6 nitrogen and oxygen atoms in total. The first-order valence-corrected chi connectivity index (χ1v) is 12.2. The molecule has 0 amide bonds. The number of carboxylic acids is 1. The first kappa shape index (κ1) is 23.5. The van der Waals surface area contributed by atoms with Crippen LogP contribution in [0.2, 0.25) is 5.02 Å². The normalized spacial score (nSPS) is 17.7. The number of likely N-dealkylation sites (tertiary alicyclic amines) is 1. The van der Waals surface area contributed by atoms with E-state index in [1.54, 1.807) is 7.11 Å². The summed E-state index contributed by atoms with van der Waals surface area (Å²) in [5.74, 6) is 1.21. The van der Waals surface area contributed by atoms with E-state index >= 15 is 0 Å². The predicted molar refractivity (Wildman–Crippen MR) is 136 cm³/mol. The summed E-state index contributed by atoms with van der Waals surface area (Å²) >= 11 is 6.92. The molecule has 5 rings (SSSR count). The Hall–Kier alpha value is -3.22. The van der Waals surface area contributed by atoms with E-state index in [1.165, 1.54) is 0 Å². The molecule has 0 aromatic heterocycles. The highest BCUT2D eigenvalue weighted by atomic mass is 35.5. The van der Waals surface area contributed by atoms with Crippen molar-refractivity contribution in [1.29, 1.82) is 0 Å². The van der Waals surface area contributed by atoms with Gasteiger partial charge in [-0.25, -0.2) is 0 Å². The molecule has 35 heavy (non-hydrogen) atoms. The first-order valence-electron chi connectivity index (χ1n) is 11.8. The minimum Gasteiger partial charge on any atom is -0.496 e. The highest BCUT2D eigenvalue weighted by Crippen LogP contribution is 2.41. The van der Waals surface area contributed by atoms with Gasteiger partial charge in [-0.2, -0.15) is 0 Å². The number of hydrogen-bond donors (Lipinski definition) is 1. The number of ether oxygens (including phenoxy) is 3. The zero-order valence-corrected chi connectivity index (χ0v) is 20.4. The van der Waals surface area contributed by atoms with Crippen molar-refractivity contribution in [3.05, 3.63) is 65.2 Å². The van der Waals surface area contributed by atoms with E-state index in [-0.39, 0.29) is 5.92 Å². The lowest BCUT2D eigenvalue weighted by Crippen LogP contribution is -2.38. The van der Waals surface area contributed by atoms with Crippen molar-refractivity contribution in [3.63, 3.8) is 0 Å². The number of rotatable bonds is 6. The van der Waals surface area contributed by atoms with Crippen LogP contribution in [-0.2, 0) is 11.3 Å². The summed E-state index contributed by atoms with van der Waals surface area (Å²) in [5, 5.41) is 10.0. The van der Waals surface area contributed by atoms with E-state index in [9.17, 15) is 9.90 Å². The van der Waals surface area contributed by atoms with Gasteiger partial charge in [0.15, 0.2) is 11.5 Å². The Morgan fingerprint density at radius 2 is 1.77 bits per heavy atom. The minimum absolute atomic E-state index is 0.309. The summed E-state index contributed by atoms with van der Waals surface area (Å²) in [6, 6.07) is 18.0. The van der Waals surface area contributed by atoms with Crippen LogP contribution in [0, 0.1) is 5.92 Å². The molecule has 3 aromatic rings. The van der Waals surface area contributed by atoms with Gasteiger partial charge in [0.25, 0.3) is 0 Å². The lowest BCUT2D eigenvalue weighted by Gasteiger charge is -2.31. The zero-order valence-electron chi connectivity index (χ0n) is 19.6. The molecule has 1 atom stereocenters. The molecule has 0 bridgehead atoms. The molecule has 2 aliphatic heterocycles. The summed E-state index contributed by atoms with van der Waals surface area (Å²) in [7, 11) is 1.66. The molecule has 2 heterocycles. The van der Waals surface area contributed by atoms with Crippen LogP contribution in [0.15, 0.2) is 54.6 Å². The molecule has 0 saturated carbocycles. The summed E-state index contributed by atoms with van der Waals surface area (Å²) < 4.78 is 17.1. The third-order valence-corrected chi connectivity index (χ3v) is 7.11. The standard InChI is InChI=1S/C28H28ClNO5/c1-33-25-14-18(7-8-20(25)16-30-11-3-4-21(17-30)28(31)32)22-5-2-6-23(27(22)29)19-9-10-24-26(15-19)35-13-12-34-24/h2,5-10,14-15,21H,3-4,11-13,16-17H2,1H3,(H,31,32). The van der Waals surface area contributed by atoms with Gasteiger partial charge in [-0.1, -0.05) is 48.0 Å². The number of benzene rings is 3. The average molecular weight is 494 g/mol. The van der Waals surface area contributed by atoms with E-state index in [0.29, 0.717) is 31.3 Å². The fourth-order valence-electron chi connectivity index (χ4n) is 4.87. The third kappa shape index (κ3) is 4.95. The molecule has 0 aliphatic carbocycles. The SMILES string of the molecule is COc1cc(-c2cccc(-c3ccc4c(c3)OCCO4)c2Cl)ccc1CN1CCCC(C(=O)O)C1. The second-order valence-electron chi connectivity index (χ2n) is 8.96. The highest BCUT2D eigenvalue weighted by molar-refractivity contribution is 6.36. The van der Waals surface area contributed by atoms with Crippen molar-refractivity contribution in [2.24, 2.45) is 5.92 Å².